The molecule has 2 aliphatic rings. The van der Waals surface area contributed by atoms with Crippen molar-refractivity contribution in [2.75, 3.05) is 13.1 Å². The van der Waals surface area contributed by atoms with Crippen molar-refractivity contribution in [2.24, 2.45) is 0 Å². The molecule has 170 valence electrons. The molecule has 31 heavy (non-hydrogen) atoms. The predicted molar refractivity (Wildman–Crippen MR) is 124 cm³/mol. The molecule has 4 rings (SSSR count). The fraction of sp³-hybridized carbons (Fsp3) is 0.619. The third kappa shape index (κ3) is 5.77. The van der Waals surface area contributed by atoms with E-state index in [0.717, 1.165) is 19.5 Å². The first-order chi connectivity index (χ1) is 14.3. The summed E-state index contributed by atoms with van der Waals surface area (Å²) in [5.74, 6) is 0.286. The molecule has 0 aromatic carbocycles. The second kappa shape index (κ2) is 9.85. The topological polar surface area (TPSA) is 97.3 Å². The van der Waals surface area contributed by atoms with Gasteiger partial charge in [0.1, 0.15) is 6.20 Å². The fourth-order valence-electron chi connectivity index (χ4n) is 4.73. The highest BCUT2D eigenvalue weighted by atomic mass is 35.5. The van der Waals surface area contributed by atoms with Crippen molar-refractivity contribution < 1.29 is 10.0 Å². The summed E-state index contributed by atoms with van der Waals surface area (Å²) >= 11 is 6.00. The van der Waals surface area contributed by atoms with Gasteiger partial charge in [-0.05, 0) is 52.9 Å². The molecule has 1 aliphatic heterocycles. The van der Waals surface area contributed by atoms with Crippen LogP contribution in [0.15, 0.2) is 18.3 Å². The Kier molecular flexibility index (Phi) is 7.62. The Balaban J connectivity index is 0.00000272. The van der Waals surface area contributed by atoms with Gasteiger partial charge >= 0.3 is 11.1 Å². The average molecular weight is 468 g/mol. The van der Waals surface area contributed by atoms with Crippen molar-refractivity contribution in [3.8, 4) is 0 Å². The molecule has 0 amide bonds. The Morgan fingerprint density at radius 1 is 1.26 bits per heavy atom. The summed E-state index contributed by atoms with van der Waals surface area (Å²) in [6.07, 6.45) is 8.56. The van der Waals surface area contributed by atoms with Crippen LogP contribution in [-0.2, 0) is 19.5 Å². The minimum atomic E-state index is -1.11. The predicted octanol–water partition coefficient (Wildman–Crippen LogP) is 3.81. The maximum absolute atomic E-state index is 10.9. The monoisotopic (exact) mass is 467 g/mol. The Labute approximate surface area is 194 Å². The molecule has 3 heterocycles. The van der Waals surface area contributed by atoms with Gasteiger partial charge in [-0.15, -0.1) is 0 Å². The Morgan fingerprint density at radius 3 is 2.68 bits per heavy atom. The molecule has 1 saturated carbocycles. The number of aliphatic hydroxyl groups is 1. The third-order valence-electron chi connectivity index (χ3n) is 6.15. The highest BCUT2D eigenvalue weighted by Gasteiger charge is 2.30. The normalized spacial score (nSPS) is 19.3. The smallest absolute Gasteiger partial charge is 0.383 e. The van der Waals surface area contributed by atoms with Gasteiger partial charge in [0.15, 0.2) is 0 Å². The Hall–Kier alpha value is -1.68. The maximum Gasteiger partial charge on any atom is 0.383 e. The molecule has 8 nitrogen and oxygen atoms in total. The van der Waals surface area contributed by atoms with Crippen LogP contribution in [0.5, 0.6) is 0 Å². The highest BCUT2D eigenvalue weighted by molar-refractivity contribution is 7.59. The van der Waals surface area contributed by atoms with E-state index in [1.54, 1.807) is 6.92 Å². The summed E-state index contributed by atoms with van der Waals surface area (Å²) in [6.45, 7) is 3.84. The zero-order chi connectivity index (χ0) is 21.3. The molecule has 0 bridgehead atoms. The molecule has 2 aromatic rings. The van der Waals surface area contributed by atoms with Gasteiger partial charge in [0, 0.05) is 43.4 Å². The largest absolute Gasteiger partial charge is 0.387 e. The molecule has 2 aromatic heterocycles. The number of nitrogens with zero attached hydrogens (tertiary/aromatic N) is 5. The number of hydrogen-bond acceptors (Lipinski definition) is 6. The van der Waals surface area contributed by atoms with Crippen molar-refractivity contribution in [1.29, 1.82) is 0 Å². The highest BCUT2D eigenvalue weighted by Crippen LogP contribution is 2.32. The molecule has 0 radical (unpaired) electrons. The second-order valence-corrected chi connectivity index (χ2v) is 9.23. The van der Waals surface area contributed by atoms with Gasteiger partial charge in [-0.3, -0.25) is 14.5 Å². The minimum absolute atomic E-state index is 0. The van der Waals surface area contributed by atoms with E-state index in [1.807, 2.05) is 0 Å². The van der Waals surface area contributed by atoms with Crippen molar-refractivity contribution in [1.82, 2.24) is 19.4 Å². The summed E-state index contributed by atoms with van der Waals surface area (Å²) in [4.78, 5) is 21.2. The molecule has 1 fully saturated rings. The first kappa shape index (κ1) is 24.0. The van der Waals surface area contributed by atoms with E-state index in [-0.39, 0.29) is 31.1 Å². The molecule has 1 aliphatic carbocycles. The van der Waals surface area contributed by atoms with Crippen LogP contribution in [0.3, 0.4) is 0 Å². The number of aromatic nitrogens is 3. The van der Waals surface area contributed by atoms with Crippen molar-refractivity contribution >= 4 is 30.9 Å². The SMILES string of the molecule is C[C@](O)(CN1CCc2nc(C3CCCCC3)ccc2C1)Cn1cc([N+](=O)[O-])nc1Cl.S. The maximum atomic E-state index is 10.9. The van der Waals surface area contributed by atoms with E-state index in [0.29, 0.717) is 12.5 Å². The van der Waals surface area contributed by atoms with E-state index in [4.69, 9.17) is 16.6 Å². The van der Waals surface area contributed by atoms with Gasteiger partial charge in [-0.1, -0.05) is 25.3 Å². The average Bonchev–Trinajstić information content (AvgIpc) is 3.08. The number of β-amino-alcohol motifs (C(OH)–C–C–N with tert-alkyl or cyclic N) is 1. The number of pyridine rings is 1. The van der Waals surface area contributed by atoms with Crippen LogP contribution in [0, 0.1) is 10.1 Å². The van der Waals surface area contributed by atoms with Gasteiger partial charge in [0.25, 0.3) is 0 Å². The molecular weight excluding hydrogens is 438 g/mol. The van der Waals surface area contributed by atoms with Crippen LogP contribution in [0.2, 0.25) is 5.28 Å². The van der Waals surface area contributed by atoms with E-state index in [9.17, 15) is 15.2 Å². The van der Waals surface area contributed by atoms with Crippen molar-refractivity contribution in [3.63, 3.8) is 0 Å². The molecule has 0 spiro atoms. The minimum Gasteiger partial charge on any atom is -0.387 e. The zero-order valence-electron chi connectivity index (χ0n) is 17.8. The second-order valence-electron chi connectivity index (χ2n) is 8.89. The van der Waals surface area contributed by atoms with E-state index in [2.05, 4.69) is 22.0 Å². The van der Waals surface area contributed by atoms with Crippen LogP contribution >= 0.6 is 25.1 Å². The van der Waals surface area contributed by atoms with Gasteiger partial charge < -0.3 is 15.2 Å². The number of imidazole rings is 1. The van der Waals surface area contributed by atoms with Crippen LogP contribution in [0.4, 0.5) is 5.82 Å². The number of fused-ring (bicyclic) bond motifs is 1. The van der Waals surface area contributed by atoms with Crippen LogP contribution in [0.25, 0.3) is 0 Å². The van der Waals surface area contributed by atoms with E-state index < -0.39 is 10.5 Å². The van der Waals surface area contributed by atoms with Gasteiger partial charge in [-0.2, -0.15) is 13.5 Å². The van der Waals surface area contributed by atoms with Crippen molar-refractivity contribution in [3.05, 3.63) is 50.7 Å². The number of nitro groups is 1. The lowest BCUT2D eigenvalue weighted by Gasteiger charge is -2.35. The summed E-state index contributed by atoms with van der Waals surface area (Å²) in [5, 5.41) is 21.8. The number of halogens is 1. The molecule has 10 heteroatoms. The molecule has 1 atom stereocenters. The van der Waals surface area contributed by atoms with E-state index >= 15 is 0 Å². The number of hydrogen-bond donors (Lipinski definition) is 1. The first-order valence-electron chi connectivity index (χ1n) is 10.6. The van der Waals surface area contributed by atoms with Gasteiger partial charge in [0.05, 0.1) is 12.1 Å². The fourth-order valence-corrected chi connectivity index (χ4v) is 4.93. The quantitative estimate of drug-likeness (QED) is 0.512. The van der Waals surface area contributed by atoms with Gasteiger partial charge in [-0.25, -0.2) is 0 Å². The van der Waals surface area contributed by atoms with E-state index in [1.165, 1.54) is 59.8 Å². The van der Waals surface area contributed by atoms with Crippen LogP contribution in [-0.4, -0.2) is 48.2 Å². The van der Waals surface area contributed by atoms with Crippen LogP contribution < -0.4 is 0 Å². The summed E-state index contributed by atoms with van der Waals surface area (Å²) in [6, 6.07) is 4.38. The zero-order valence-corrected chi connectivity index (χ0v) is 19.5. The standard InChI is InChI=1S/C21H28ClN5O3.H2S/c1-21(28,14-26-12-19(27(29)30)24-20(26)22)13-25-10-9-18-16(11-25)7-8-17(23-18)15-5-3-2-4-6-15;/h7-8,12,15,28H,2-6,9-11,13-14H2,1H3;1H2/t21-;/m0./s1. The molecule has 1 N–H and O–H groups in total. The summed E-state index contributed by atoms with van der Waals surface area (Å²) in [7, 11) is 0. The lowest BCUT2D eigenvalue weighted by Crippen LogP contribution is -2.45. The molecule has 0 unspecified atom stereocenters. The third-order valence-corrected chi connectivity index (χ3v) is 6.45. The van der Waals surface area contributed by atoms with Crippen molar-refractivity contribution in [2.45, 2.75) is 70.1 Å². The lowest BCUT2D eigenvalue weighted by molar-refractivity contribution is -0.389. The molecule has 0 saturated heterocycles. The summed E-state index contributed by atoms with van der Waals surface area (Å²) < 4.78 is 1.43. The molecular formula is C21H30ClN5O3S. The lowest BCUT2D eigenvalue weighted by atomic mass is 9.86. The van der Waals surface area contributed by atoms with Crippen LogP contribution in [0.1, 0.15) is 61.9 Å². The Morgan fingerprint density at radius 2 is 2.00 bits per heavy atom. The number of rotatable bonds is 6. The van der Waals surface area contributed by atoms with Gasteiger partial charge in [0.2, 0.25) is 0 Å². The first-order valence-corrected chi connectivity index (χ1v) is 11.0. The summed E-state index contributed by atoms with van der Waals surface area (Å²) in [5.41, 5.74) is 2.53. The Bertz CT molecular complexity index is 930.